The van der Waals surface area contributed by atoms with E-state index in [-0.39, 0.29) is 40.0 Å². The fourth-order valence-electron chi connectivity index (χ4n) is 2.58. The van der Waals surface area contributed by atoms with Gasteiger partial charge in [0.25, 0.3) is 5.69 Å². The molecule has 0 heterocycles. The number of non-ortho nitro benzene ring substituents is 1. The predicted molar refractivity (Wildman–Crippen MR) is 83.4 cm³/mol. The molecule has 2 atom stereocenters. The van der Waals surface area contributed by atoms with Crippen LogP contribution in [0.2, 0.25) is 0 Å². The number of rotatable bonds is 5. The summed E-state index contributed by atoms with van der Waals surface area (Å²) in [4.78, 5) is 22.4. The minimum Gasteiger partial charge on any atom is -0.461 e. The number of hydrogen-bond donors (Lipinski definition) is 0. The maximum Gasteiger partial charge on any atom is 0.310 e. The summed E-state index contributed by atoms with van der Waals surface area (Å²) in [6.07, 6.45) is 1.64. The van der Waals surface area contributed by atoms with Crippen molar-refractivity contribution in [2.75, 3.05) is 0 Å². The second-order valence-corrected chi connectivity index (χ2v) is 6.82. The average molecular weight is 344 g/mol. The molecule has 1 aromatic carbocycles. The number of ether oxygens (including phenoxy) is 1. The third-order valence-corrected chi connectivity index (χ3v) is 4.22. The van der Waals surface area contributed by atoms with Gasteiger partial charge in [-0.2, -0.15) is 0 Å². The maximum atomic E-state index is 12.1. The van der Waals surface area contributed by atoms with E-state index < -0.39 is 4.92 Å². The van der Waals surface area contributed by atoms with Gasteiger partial charge in [-0.1, -0.05) is 49.2 Å². The van der Waals surface area contributed by atoms with E-state index in [1.54, 1.807) is 18.2 Å². The van der Waals surface area contributed by atoms with Crippen molar-refractivity contribution in [1.29, 1.82) is 0 Å². The highest BCUT2D eigenvalue weighted by atomic mass is 35.5. The molecule has 0 amide bonds. The Balaban J connectivity index is 1.98. The minimum absolute atomic E-state index is 0.00185. The largest absolute Gasteiger partial charge is 0.461 e. The lowest BCUT2D eigenvalue weighted by molar-refractivity contribution is -0.384. The summed E-state index contributed by atoms with van der Waals surface area (Å²) in [5.74, 6) is -0.721. The standard InChI is InChI=1S/C15H15Cl2NO4/c1-15(2)11(7-12(16)17)13(15)14(19)22-8-9-4-3-5-10(6-9)18(20)21/h3-7,11,13H,8H2,1-2H3. The zero-order valence-corrected chi connectivity index (χ0v) is 13.6. The van der Waals surface area contributed by atoms with Gasteiger partial charge >= 0.3 is 5.97 Å². The molecule has 7 heteroatoms. The first-order valence-corrected chi connectivity index (χ1v) is 7.42. The molecule has 0 aromatic heterocycles. The van der Waals surface area contributed by atoms with Crippen molar-refractivity contribution in [3.8, 4) is 0 Å². The molecule has 2 unspecified atom stereocenters. The van der Waals surface area contributed by atoms with Crippen molar-refractivity contribution in [2.24, 2.45) is 17.3 Å². The van der Waals surface area contributed by atoms with Gasteiger partial charge in [0.1, 0.15) is 11.1 Å². The van der Waals surface area contributed by atoms with Crippen molar-refractivity contribution < 1.29 is 14.5 Å². The van der Waals surface area contributed by atoms with Gasteiger partial charge in [0.05, 0.1) is 10.8 Å². The first kappa shape index (κ1) is 16.8. The summed E-state index contributed by atoms with van der Waals surface area (Å²) >= 11 is 11.3. The van der Waals surface area contributed by atoms with Crippen LogP contribution in [0.5, 0.6) is 0 Å². The maximum absolute atomic E-state index is 12.1. The summed E-state index contributed by atoms with van der Waals surface area (Å²) in [6, 6.07) is 6.00. The molecule has 118 valence electrons. The fourth-order valence-corrected chi connectivity index (χ4v) is 2.85. The Labute approximate surface area is 138 Å². The number of halogens is 2. The molecule has 5 nitrogen and oxygen atoms in total. The van der Waals surface area contributed by atoms with Crippen LogP contribution in [0, 0.1) is 27.4 Å². The van der Waals surface area contributed by atoms with E-state index in [1.165, 1.54) is 12.1 Å². The molecule has 0 N–H and O–H groups in total. The summed E-state index contributed by atoms with van der Waals surface area (Å²) in [5.41, 5.74) is 0.285. The van der Waals surface area contributed by atoms with Crippen LogP contribution < -0.4 is 0 Å². The SMILES string of the molecule is CC1(C)C(C=C(Cl)Cl)C1C(=O)OCc1cccc([N+](=O)[O-])c1. The van der Waals surface area contributed by atoms with Crippen molar-refractivity contribution in [3.05, 3.63) is 50.5 Å². The molecule has 0 saturated heterocycles. The third kappa shape index (κ3) is 3.59. The number of nitro benzene ring substituents is 1. The third-order valence-electron chi connectivity index (χ3n) is 3.97. The first-order chi connectivity index (χ1) is 10.2. The highest BCUT2D eigenvalue weighted by Gasteiger charge is 2.61. The van der Waals surface area contributed by atoms with Gasteiger partial charge in [0.2, 0.25) is 0 Å². The summed E-state index contributed by atoms with van der Waals surface area (Å²) in [5, 5.41) is 10.7. The van der Waals surface area contributed by atoms with E-state index in [0.29, 0.717) is 5.56 Å². The summed E-state index contributed by atoms with van der Waals surface area (Å²) < 4.78 is 5.39. The molecule has 22 heavy (non-hydrogen) atoms. The van der Waals surface area contributed by atoms with Crippen LogP contribution in [-0.2, 0) is 16.1 Å². The van der Waals surface area contributed by atoms with E-state index in [2.05, 4.69) is 0 Å². The monoisotopic (exact) mass is 343 g/mol. The number of nitro groups is 1. The highest BCUT2D eigenvalue weighted by Crippen LogP contribution is 2.60. The van der Waals surface area contributed by atoms with Crippen molar-refractivity contribution >= 4 is 34.9 Å². The average Bonchev–Trinajstić information content (AvgIpc) is 2.96. The Morgan fingerprint density at radius 1 is 1.45 bits per heavy atom. The second kappa shape index (κ2) is 6.26. The first-order valence-electron chi connectivity index (χ1n) is 6.66. The van der Waals surface area contributed by atoms with E-state index in [4.69, 9.17) is 27.9 Å². The Bertz CT molecular complexity index is 638. The zero-order chi connectivity index (χ0) is 16.5. The van der Waals surface area contributed by atoms with Crippen molar-refractivity contribution in [3.63, 3.8) is 0 Å². The zero-order valence-electron chi connectivity index (χ0n) is 12.1. The second-order valence-electron chi connectivity index (χ2n) is 5.82. The molecule has 1 saturated carbocycles. The van der Waals surface area contributed by atoms with E-state index >= 15 is 0 Å². The summed E-state index contributed by atoms with van der Waals surface area (Å²) in [6.45, 7) is 3.87. The molecule has 1 fully saturated rings. The van der Waals surface area contributed by atoms with Crippen LogP contribution >= 0.6 is 23.2 Å². The van der Waals surface area contributed by atoms with Crippen LogP contribution in [0.1, 0.15) is 19.4 Å². The summed E-state index contributed by atoms with van der Waals surface area (Å²) in [7, 11) is 0. The van der Waals surface area contributed by atoms with Gasteiger partial charge in [-0.3, -0.25) is 14.9 Å². The molecule has 0 bridgehead atoms. The molecule has 1 aliphatic rings. The number of carbonyl (C=O) groups is 1. The molecular weight excluding hydrogens is 329 g/mol. The molecule has 0 spiro atoms. The Morgan fingerprint density at radius 2 is 2.14 bits per heavy atom. The number of nitrogens with zero attached hydrogens (tertiary/aromatic N) is 1. The predicted octanol–water partition coefficient (Wildman–Crippen LogP) is 4.23. The van der Waals surface area contributed by atoms with Gasteiger partial charge < -0.3 is 4.74 Å². The number of hydrogen-bond acceptors (Lipinski definition) is 4. The van der Waals surface area contributed by atoms with E-state index in [1.807, 2.05) is 13.8 Å². The van der Waals surface area contributed by atoms with Crippen LogP contribution in [-0.4, -0.2) is 10.9 Å². The lowest BCUT2D eigenvalue weighted by atomic mass is 10.1. The van der Waals surface area contributed by atoms with Crippen LogP contribution in [0.15, 0.2) is 34.8 Å². The van der Waals surface area contributed by atoms with Gasteiger partial charge in [0, 0.05) is 12.1 Å². The molecule has 1 aliphatic carbocycles. The smallest absolute Gasteiger partial charge is 0.310 e. The van der Waals surface area contributed by atoms with E-state index in [0.717, 1.165) is 0 Å². The number of benzene rings is 1. The lowest BCUT2D eigenvalue weighted by Gasteiger charge is -2.05. The minimum atomic E-state index is -0.487. The van der Waals surface area contributed by atoms with Gasteiger partial charge in [-0.05, 0) is 23.0 Å². The quantitative estimate of drug-likeness (QED) is 0.455. The van der Waals surface area contributed by atoms with Gasteiger partial charge in [-0.15, -0.1) is 0 Å². The van der Waals surface area contributed by atoms with Gasteiger partial charge in [0.15, 0.2) is 0 Å². The number of allylic oxidation sites excluding steroid dienone is 1. The normalized spacial score (nSPS) is 21.8. The van der Waals surface area contributed by atoms with Crippen LogP contribution in [0.3, 0.4) is 0 Å². The van der Waals surface area contributed by atoms with Crippen molar-refractivity contribution in [2.45, 2.75) is 20.5 Å². The molecule has 0 aliphatic heterocycles. The lowest BCUT2D eigenvalue weighted by Crippen LogP contribution is -2.10. The van der Waals surface area contributed by atoms with Crippen molar-refractivity contribution in [1.82, 2.24) is 0 Å². The van der Waals surface area contributed by atoms with Gasteiger partial charge in [-0.25, -0.2) is 0 Å². The van der Waals surface area contributed by atoms with E-state index in [9.17, 15) is 14.9 Å². The molecule has 1 aromatic rings. The Kier molecular flexibility index (Phi) is 4.78. The molecular formula is C15H15Cl2NO4. The fraction of sp³-hybridized carbons (Fsp3) is 0.400. The molecule has 2 rings (SSSR count). The molecule has 0 radical (unpaired) electrons. The Hall–Kier alpha value is -1.59. The van der Waals surface area contributed by atoms with Crippen LogP contribution in [0.25, 0.3) is 0 Å². The topological polar surface area (TPSA) is 69.4 Å². The Morgan fingerprint density at radius 3 is 2.73 bits per heavy atom. The highest BCUT2D eigenvalue weighted by molar-refractivity contribution is 6.55. The van der Waals surface area contributed by atoms with Crippen LogP contribution in [0.4, 0.5) is 5.69 Å². The number of carbonyl (C=O) groups excluding carboxylic acids is 1. The number of esters is 1.